The normalized spacial score (nSPS) is 12.0. The summed E-state index contributed by atoms with van der Waals surface area (Å²) in [7, 11) is 1.45. The van der Waals surface area contributed by atoms with Gasteiger partial charge in [0, 0.05) is 13.1 Å². The van der Waals surface area contributed by atoms with E-state index in [-0.39, 0.29) is 18.2 Å². The Morgan fingerprint density at radius 2 is 1.67 bits per heavy atom. The van der Waals surface area contributed by atoms with Gasteiger partial charge in [-0.2, -0.15) is 0 Å². The summed E-state index contributed by atoms with van der Waals surface area (Å²) in [5.41, 5.74) is 3.10. The fraction of sp³-hybridized carbons (Fsp3) is 0.280. The van der Waals surface area contributed by atoms with Crippen LogP contribution in [0.1, 0.15) is 12.5 Å². The van der Waals surface area contributed by atoms with Crippen LogP contribution in [0.25, 0.3) is 11.1 Å². The number of halogens is 1. The molecule has 1 N–H and O–H groups in total. The van der Waals surface area contributed by atoms with Crippen LogP contribution in [-0.2, 0) is 6.54 Å². The first-order chi connectivity index (χ1) is 14.6. The second-order valence-electron chi connectivity index (χ2n) is 7.15. The molecule has 158 valence electrons. The van der Waals surface area contributed by atoms with Gasteiger partial charge in [0.05, 0.1) is 7.11 Å². The van der Waals surface area contributed by atoms with E-state index in [1.165, 1.54) is 13.2 Å². The Morgan fingerprint density at radius 3 is 2.30 bits per heavy atom. The van der Waals surface area contributed by atoms with Crippen molar-refractivity contribution < 1.29 is 19.0 Å². The van der Waals surface area contributed by atoms with Crippen molar-refractivity contribution in [3.63, 3.8) is 0 Å². The summed E-state index contributed by atoms with van der Waals surface area (Å²) < 4.78 is 24.6. The molecule has 0 heterocycles. The molecule has 5 heteroatoms. The minimum absolute atomic E-state index is 0.193. The first-order valence-electron chi connectivity index (χ1n) is 10.1. The molecule has 0 aliphatic rings. The summed E-state index contributed by atoms with van der Waals surface area (Å²) in [4.78, 5) is 2.05. The Labute approximate surface area is 177 Å². The molecule has 30 heavy (non-hydrogen) atoms. The molecular weight excluding hydrogens is 381 g/mol. The Balaban J connectivity index is 1.50. The lowest BCUT2D eigenvalue weighted by atomic mass is 10.1. The van der Waals surface area contributed by atoms with E-state index >= 15 is 0 Å². The molecule has 1 unspecified atom stereocenters. The lowest BCUT2D eigenvalue weighted by Gasteiger charge is -2.24. The van der Waals surface area contributed by atoms with Gasteiger partial charge in [0.2, 0.25) is 0 Å². The molecule has 3 aromatic rings. The fourth-order valence-corrected chi connectivity index (χ4v) is 3.29. The smallest absolute Gasteiger partial charge is 0.165 e. The van der Waals surface area contributed by atoms with Gasteiger partial charge in [0.25, 0.3) is 0 Å². The van der Waals surface area contributed by atoms with Gasteiger partial charge in [0.15, 0.2) is 11.6 Å². The summed E-state index contributed by atoms with van der Waals surface area (Å²) in [5, 5.41) is 10.4. The first-order valence-corrected chi connectivity index (χ1v) is 10.1. The molecule has 3 rings (SSSR count). The number of hydrogen-bond donors (Lipinski definition) is 1. The maximum absolute atomic E-state index is 13.9. The second-order valence-corrected chi connectivity index (χ2v) is 7.15. The van der Waals surface area contributed by atoms with E-state index in [0.717, 1.165) is 23.2 Å². The largest absolute Gasteiger partial charge is 0.494 e. The molecule has 0 spiro atoms. The number of aliphatic hydroxyl groups is 1. The highest BCUT2D eigenvalue weighted by Gasteiger charge is 2.13. The van der Waals surface area contributed by atoms with Crippen LogP contribution in [0.3, 0.4) is 0 Å². The molecule has 0 radical (unpaired) electrons. The predicted molar refractivity (Wildman–Crippen MR) is 117 cm³/mol. The van der Waals surface area contributed by atoms with Gasteiger partial charge < -0.3 is 14.6 Å². The molecule has 0 aliphatic carbocycles. The zero-order valence-electron chi connectivity index (χ0n) is 17.4. The molecular formula is C25H28FNO3. The van der Waals surface area contributed by atoms with Crippen LogP contribution in [0.5, 0.6) is 11.5 Å². The van der Waals surface area contributed by atoms with Crippen molar-refractivity contribution in [3.8, 4) is 22.6 Å². The summed E-state index contributed by atoms with van der Waals surface area (Å²) in [5.74, 6) is 0.566. The topological polar surface area (TPSA) is 41.9 Å². The molecule has 0 aromatic heterocycles. The van der Waals surface area contributed by atoms with Gasteiger partial charge in [-0.1, -0.05) is 55.5 Å². The van der Waals surface area contributed by atoms with E-state index in [1.54, 1.807) is 6.07 Å². The van der Waals surface area contributed by atoms with Crippen molar-refractivity contribution in [3.05, 3.63) is 84.2 Å². The second kappa shape index (κ2) is 10.8. The van der Waals surface area contributed by atoms with Crippen LogP contribution in [0.15, 0.2) is 72.8 Å². The van der Waals surface area contributed by atoms with Crippen molar-refractivity contribution in [2.45, 2.75) is 19.6 Å². The lowest BCUT2D eigenvalue weighted by molar-refractivity contribution is 0.0674. The van der Waals surface area contributed by atoms with Gasteiger partial charge in [0.1, 0.15) is 18.5 Å². The van der Waals surface area contributed by atoms with Crippen LogP contribution in [0.4, 0.5) is 4.39 Å². The molecule has 1 atom stereocenters. The third-order valence-corrected chi connectivity index (χ3v) is 4.94. The predicted octanol–water partition coefficient (Wildman–Crippen LogP) is 4.76. The zero-order valence-corrected chi connectivity index (χ0v) is 17.4. The number of benzene rings is 3. The quantitative estimate of drug-likeness (QED) is 0.524. The molecule has 0 saturated heterocycles. The van der Waals surface area contributed by atoms with Gasteiger partial charge >= 0.3 is 0 Å². The maximum atomic E-state index is 13.9. The summed E-state index contributed by atoms with van der Waals surface area (Å²) in [6, 6.07) is 22.9. The molecule has 0 bridgehead atoms. The van der Waals surface area contributed by atoms with Gasteiger partial charge in [-0.25, -0.2) is 4.39 Å². The minimum Gasteiger partial charge on any atom is -0.494 e. The highest BCUT2D eigenvalue weighted by Crippen LogP contribution is 2.22. The Bertz CT molecular complexity index is 915. The van der Waals surface area contributed by atoms with Crippen LogP contribution in [0.2, 0.25) is 0 Å². The maximum Gasteiger partial charge on any atom is 0.165 e. The average Bonchev–Trinajstić information content (AvgIpc) is 2.78. The van der Waals surface area contributed by atoms with Gasteiger partial charge in [-0.05, 0) is 47.5 Å². The van der Waals surface area contributed by atoms with Gasteiger partial charge in [-0.15, -0.1) is 0 Å². The monoisotopic (exact) mass is 409 g/mol. The molecule has 0 aliphatic heterocycles. The number of aliphatic hydroxyl groups excluding tert-OH is 1. The third kappa shape index (κ3) is 6.05. The molecule has 4 nitrogen and oxygen atoms in total. The fourth-order valence-electron chi connectivity index (χ4n) is 3.29. The number of methoxy groups -OCH3 is 1. The lowest BCUT2D eigenvalue weighted by Crippen LogP contribution is -2.35. The highest BCUT2D eigenvalue weighted by molar-refractivity contribution is 5.63. The zero-order chi connectivity index (χ0) is 21.3. The van der Waals surface area contributed by atoms with Crippen molar-refractivity contribution >= 4 is 0 Å². The van der Waals surface area contributed by atoms with Crippen molar-refractivity contribution in [1.82, 2.24) is 4.90 Å². The molecule has 3 aromatic carbocycles. The number of rotatable bonds is 10. The number of likely N-dealkylation sites (N-methyl/N-ethyl adjacent to an activating group) is 1. The minimum atomic E-state index is -0.651. The van der Waals surface area contributed by atoms with Crippen molar-refractivity contribution in [2.75, 3.05) is 26.8 Å². The standard InChI is InChI=1S/C25H28FNO3/c1-3-27(16-19-9-14-25(29-2)24(26)15-19)17-22(28)18-30-23-12-10-21(11-13-23)20-7-5-4-6-8-20/h4-15,22,28H,3,16-18H2,1-2H3. The summed E-state index contributed by atoms with van der Waals surface area (Å²) >= 11 is 0. The highest BCUT2D eigenvalue weighted by atomic mass is 19.1. The van der Waals surface area contributed by atoms with E-state index in [9.17, 15) is 9.50 Å². The van der Waals surface area contributed by atoms with E-state index in [4.69, 9.17) is 9.47 Å². The summed E-state index contributed by atoms with van der Waals surface area (Å²) in [6.45, 7) is 3.91. The van der Waals surface area contributed by atoms with Crippen LogP contribution in [0, 0.1) is 5.82 Å². The van der Waals surface area contributed by atoms with E-state index in [0.29, 0.717) is 18.8 Å². The molecule has 0 saturated carbocycles. The third-order valence-electron chi connectivity index (χ3n) is 4.94. The number of ether oxygens (including phenoxy) is 2. The first kappa shape index (κ1) is 21.8. The average molecular weight is 410 g/mol. The van der Waals surface area contributed by atoms with Crippen LogP contribution >= 0.6 is 0 Å². The van der Waals surface area contributed by atoms with Crippen LogP contribution < -0.4 is 9.47 Å². The van der Waals surface area contributed by atoms with E-state index < -0.39 is 6.10 Å². The summed E-state index contributed by atoms with van der Waals surface area (Å²) in [6.07, 6.45) is -0.651. The number of hydrogen-bond acceptors (Lipinski definition) is 4. The van der Waals surface area contributed by atoms with E-state index in [1.807, 2.05) is 60.4 Å². The Hall–Kier alpha value is -2.89. The van der Waals surface area contributed by atoms with Crippen LogP contribution in [-0.4, -0.2) is 42.9 Å². The van der Waals surface area contributed by atoms with Crippen molar-refractivity contribution in [2.24, 2.45) is 0 Å². The SMILES string of the molecule is CCN(Cc1ccc(OC)c(F)c1)CC(O)COc1ccc(-c2ccccc2)cc1. The Morgan fingerprint density at radius 1 is 0.967 bits per heavy atom. The van der Waals surface area contributed by atoms with E-state index in [2.05, 4.69) is 12.1 Å². The van der Waals surface area contributed by atoms with Gasteiger partial charge in [-0.3, -0.25) is 4.90 Å². The molecule has 0 fully saturated rings. The van der Waals surface area contributed by atoms with Crippen molar-refractivity contribution in [1.29, 1.82) is 0 Å². The number of nitrogens with zero attached hydrogens (tertiary/aromatic N) is 1. The Kier molecular flexibility index (Phi) is 7.82. The molecule has 0 amide bonds.